The summed E-state index contributed by atoms with van der Waals surface area (Å²) in [6.45, 7) is 2.13. The molecule has 3 aliphatic carbocycles. The second-order valence-electron chi connectivity index (χ2n) is 11.8. The molecule has 32 heavy (non-hydrogen) atoms. The summed E-state index contributed by atoms with van der Waals surface area (Å²) in [7, 11) is 0. The summed E-state index contributed by atoms with van der Waals surface area (Å²) in [5.41, 5.74) is 3.00. The lowest BCUT2D eigenvalue weighted by molar-refractivity contribution is 0.102. The largest absolute Gasteiger partial charge is 0.251 e. The van der Waals surface area contributed by atoms with Crippen LogP contribution in [0.25, 0.3) is 0 Å². The SMILES string of the molecule is CCc1ccc(CCC2CCC([C@H]3CC[C@H]([C@H]4CC[C@H](CCCF)CC4)CC3)CC2)cc1. The first kappa shape index (κ1) is 24.3. The zero-order valence-electron chi connectivity index (χ0n) is 20.9. The average molecular weight is 441 g/mol. The Morgan fingerprint density at radius 2 is 1.00 bits per heavy atom. The Morgan fingerprint density at radius 3 is 1.44 bits per heavy atom. The first-order chi connectivity index (χ1) is 15.7. The maximum atomic E-state index is 12.5. The van der Waals surface area contributed by atoms with Gasteiger partial charge in [-0.25, -0.2) is 0 Å². The molecule has 0 heterocycles. The van der Waals surface area contributed by atoms with Crippen molar-refractivity contribution in [2.75, 3.05) is 6.67 Å². The van der Waals surface area contributed by atoms with Gasteiger partial charge in [-0.15, -0.1) is 0 Å². The Hall–Kier alpha value is -0.850. The predicted octanol–water partition coefficient (Wildman–Crippen LogP) is 9.35. The summed E-state index contributed by atoms with van der Waals surface area (Å²) in [6, 6.07) is 9.36. The first-order valence-corrected chi connectivity index (χ1v) is 14.4. The van der Waals surface area contributed by atoms with Crippen LogP contribution in [-0.2, 0) is 12.8 Å². The number of halogens is 1. The van der Waals surface area contributed by atoms with Gasteiger partial charge in [0.15, 0.2) is 0 Å². The second kappa shape index (κ2) is 12.6. The van der Waals surface area contributed by atoms with Crippen molar-refractivity contribution in [3.63, 3.8) is 0 Å². The fraction of sp³-hybridized carbons (Fsp3) is 0.806. The number of benzene rings is 1. The van der Waals surface area contributed by atoms with Crippen molar-refractivity contribution in [1.82, 2.24) is 0 Å². The number of hydrogen-bond donors (Lipinski definition) is 0. The van der Waals surface area contributed by atoms with E-state index in [-0.39, 0.29) is 6.67 Å². The van der Waals surface area contributed by atoms with E-state index in [9.17, 15) is 4.39 Å². The minimum Gasteiger partial charge on any atom is -0.251 e. The van der Waals surface area contributed by atoms with E-state index in [1.54, 1.807) is 5.56 Å². The Morgan fingerprint density at radius 1 is 0.594 bits per heavy atom. The van der Waals surface area contributed by atoms with Gasteiger partial charge in [-0.3, -0.25) is 4.39 Å². The van der Waals surface area contributed by atoms with Crippen molar-refractivity contribution in [2.24, 2.45) is 35.5 Å². The lowest BCUT2D eigenvalue weighted by Gasteiger charge is -2.41. The van der Waals surface area contributed by atoms with Gasteiger partial charge < -0.3 is 0 Å². The van der Waals surface area contributed by atoms with E-state index < -0.39 is 0 Å². The smallest absolute Gasteiger partial charge is 0.0894 e. The van der Waals surface area contributed by atoms with Crippen molar-refractivity contribution < 1.29 is 4.39 Å². The highest BCUT2D eigenvalue weighted by atomic mass is 19.1. The van der Waals surface area contributed by atoms with Crippen LogP contribution in [-0.4, -0.2) is 6.67 Å². The molecule has 3 aliphatic rings. The van der Waals surface area contributed by atoms with Gasteiger partial charge in [0.05, 0.1) is 6.67 Å². The minimum absolute atomic E-state index is 0.112. The van der Waals surface area contributed by atoms with E-state index >= 15 is 0 Å². The highest BCUT2D eigenvalue weighted by Gasteiger charge is 2.34. The summed E-state index contributed by atoms with van der Waals surface area (Å²) >= 11 is 0. The zero-order valence-corrected chi connectivity index (χ0v) is 20.9. The van der Waals surface area contributed by atoms with Crippen molar-refractivity contribution in [1.29, 1.82) is 0 Å². The molecule has 0 bridgehead atoms. The molecular formula is C31H49F. The summed E-state index contributed by atoms with van der Waals surface area (Å²) in [4.78, 5) is 0. The number of alkyl halides is 1. The van der Waals surface area contributed by atoms with E-state index in [1.165, 1.54) is 95.5 Å². The van der Waals surface area contributed by atoms with Crippen molar-refractivity contribution in [3.8, 4) is 0 Å². The van der Waals surface area contributed by atoms with Crippen LogP contribution in [0, 0.1) is 35.5 Å². The molecule has 0 N–H and O–H groups in total. The van der Waals surface area contributed by atoms with Crippen LogP contribution in [0.2, 0.25) is 0 Å². The molecule has 0 spiro atoms. The molecular weight excluding hydrogens is 391 g/mol. The van der Waals surface area contributed by atoms with Crippen LogP contribution in [0.3, 0.4) is 0 Å². The Labute approximate surface area is 198 Å². The molecule has 0 aliphatic heterocycles. The first-order valence-electron chi connectivity index (χ1n) is 14.4. The molecule has 0 unspecified atom stereocenters. The topological polar surface area (TPSA) is 0 Å². The molecule has 0 nitrogen and oxygen atoms in total. The zero-order chi connectivity index (χ0) is 22.2. The van der Waals surface area contributed by atoms with Crippen LogP contribution in [0.1, 0.15) is 114 Å². The molecule has 4 rings (SSSR count). The van der Waals surface area contributed by atoms with Crippen LogP contribution in [0.15, 0.2) is 24.3 Å². The molecule has 0 amide bonds. The molecule has 0 atom stereocenters. The molecule has 0 saturated heterocycles. The molecule has 0 aromatic heterocycles. The normalized spacial score (nSPS) is 33.8. The molecule has 1 aromatic rings. The van der Waals surface area contributed by atoms with Gasteiger partial charge in [0, 0.05) is 0 Å². The van der Waals surface area contributed by atoms with Crippen LogP contribution in [0.4, 0.5) is 4.39 Å². The lowest BCUT2D eigenvalue weighted by atomic mass is 9.64. The van der Waals surface area contributed by atoms with Gasteiger partial charge in [-0.2, -0.15) is 0 Å². The molecule has 3 saturated carbocycles. The summed E-state index contributed by atoms with van der Waals surface area (Å²) < 4.78 is 12.5. The molecule has 3 fully saturated rings. The van der Waals surface area contributed by atoms with Crippen molar-refractivity contribution in [2.45, 2.75) is 116 Å². The Balaban J connectivity index is 1.11. The van der Waals surface area contributed by atoms with Crippen LogP contribution < -0.4 is 0 Å². The molecule has 180 valence electrons. The predicted molar refractivity (Wildman–Crippen MR) is 136 cm³/mol. The Kier molecular flexibility index (Phi) is 9.54. The molecule has 1 aromatic carbocycles. The van der Waals surface area contributed by atoms with Crippen LogP contribution >= 0.6 is 0 Å². The highest BCUT2D eigenvalue weighted by molar-refractivity contribution is 5.22. The number of rotatable bonds is 9. The van der Waals surface area contributed by atoms with E-state index in [0.29, 0.717) is 0 Å². The quantitative estimate of drug-likeness (QED) is 0.359. The third-order valence-electron chi connectivity index (χ3n) is 9.95. The third kappa shape index (κ3) is 6.83. The summed E-state index contributed by atoms with van der Waals surface area (Å²) in [5, 5.41) is 0. The standard InChI is InChI=1S/C31H49F/c1-2-24-5-7-26(8-6-24)9-10-27-13-17-29(18-14-27)31-21-19-30(20-22-31)28-15-11-25(12-16-28)4-3-23-32/h5-8,25,27-31H,2-4,9-23H2,1H3/t25-,27?,28-,29?,30-,31-. The average Bonchev–Trinajstić information content (AvgIpc) is 2.87. The number of aryl methyl sites for hydroxylation is 2. The lowest BCUT2D eigenvalue weighted by Crippen LogP contribution is -2.29. The molecule has 1 heteroatoms. The van der Waals surface area contributed by atoms with Gasteiger partial charge in [0.2, 0.25) is 0 Å². The third-order valence-corrected chi connectivity index (χ3v) is 9.95. The number of hydrogen-bond acceptors (Lipinski definition) is 0. The van der Waals surface area contributed by atoms with Gasteiger partial charge in [-0.05, 0) is 130 Å². The van der Waals surface area contributed by atoms with E-state index in [4.69, 9.17) is 0 Å². The fourth-order valence-electron chi connectivity index (χ4n) is 7.66. The summed E-state index contributed by atoms with van der Waals surface area (Å²) in [5.74, 6) is 5.90. The highest BCUT2D eigenvalue weighted by Crippen LogP contribution is 2.46. The van der Waals surface area contributed by atoms with Gasteiger partial charge >= 0.3 is 0 Å². The maximum absolute atomic E-state index is 12.5. The fourth-order valence-corrected chi connectivity index (χ4v) is 7.66. The monoisotopic (exact) mass is 440 g/mol. The van der Waals surface area contributed by atoms with Gasteiger partial charge in [0.25, 0.3) is 0 Å². The second-order valence-corrected chi connectivity index (χ2v) is 11.8. The van der Waals surface area contributed by atoms with Crippen LogP contribution in [0.5, 0.6) is 0 Å². The van der Waals surface area contributed by atoms with Gasteiger partial charge in [0.1, 0.15) is 0 Å². The Bertz CT molecular complexity index is 625. The summed E-state index contributed by atoms with van der Waals surface area (Å²) in [6.07, 6.45) is 23.5. The van der Waals surface area contributed by atoms with Crippen molar-refractivity contribution in [3.05, 3.63) is 35.4 Å². The van der Waals surface area contributed by atoms with E-state index in [0.717, 1.165) is 54.8 Å². The van der Waals surface area contributed by atoms with E-state index in [1.807, 2.05) is 0 Å². The van der Waals surface area contributed by atoms with Gasteiger partial charge in [-0.1, -0.05) is 56.9 Å². The molecule has 0 radical (unpaired) electrons. The minimum atomic E-state index is -0.112. The van der Waals surface area contributed by atoms with Crippen molar-refractivity contribution >= 4 is 0 Å². The maximum Gasteiger partial charge on any atom is 0.0894 e. The van der Waals surface area contributed by atoms with E-state index in [2.05, 4.69) is 31.2 Å².